The van der Waals surface area contributed by atoms with E-state index in [0.29, 0.717) is 32.5 Å². The number of piperidine rings is 1. The van der Waals surface area contributed by atoms with E-state index in [2.05, 4.69) is 5.32 Å². The third-order valence-electron chi connectivity index (χ3n) is 4.33. The highest BCUT2D eigenvalue weighted by Crippen LogP contribution is 2.20. The number of nitrogens with two attached hydrogens (primary N) is 1. The Kier molecular flexibility index (Phi) is 7.70. The lowest BCUT2D eigenvalue weighted by Gasteiger charge is -2.35. The fraction of sp³-hybridized carbons (Fsp3) is 0.556. The zero-order valence-corrected chi connectivity index (χ0v) is 15.9. The van der Waals surface area contributed by atoms with Crippen LogP contribution in [0.3, 0.4) is 0 Å². The van der Waals surface area contributed by atoms with E-state index in [9.17, 15) is 9.59 Å². The second kappa shape index (κ2) is 9.06. The molecule has 0 bridgehead atoms. The number of benzene rings is 1. The summed E-state index contributed by atoms with van der Waals surface area (Å²) in [5.74, 6) is 0.739. The maximum Gasteiger partial charge on any atom is 0.242 e. The van der Waals surface area contributed by atoms with Crippen molar-refractivity contribution in [2.45, 2.75) is 38.8 Å². The van der Waals surface area contributed by atoms with Crippen molar-refractivity contribution in [2.75, 3.05) is 20.2 Å². The average Bonchev–Trinajstić information content (AvgIpc) is 2.58. The topological polar surface area (TPSA) is 84.7 Å². The molecule has 1 aromatic carbocycles. The number of nitrogens with one attached hydrogen (secondary N) is 1. The van der Waals surface area contributed by atoms with Crippen LogP contribution in [0.5, 0.6) is 5.75 Å². The minimum Gasteiger partial charge on any atom is -0.497 e. The zero-order chi connectivity index (χ0) is 17.7. The second-order valence-electron chi connectivity index (χ2n) is 6.85. The number of carbonyl (C=O) groups excluding carboxylic acids is 2. The van der Waals surface area contributed by atoms with Crippen LogP contribution in [0.15, 0.2) is 24.3 Å². The number of amides is 2. The fourth-order valence-electron chi connectivity index (χ4n) is 2.83. The standard InChI is InChI=1S/C18H27N3O3.ClH/c1-18(2,19)17(23)21-10-8-14(9-11-21)16(22)20-12-13-4-6-15(24-3)7-5-13;/h4-7,14H,8-12,19H2,1-3H3,(H,20,22);1H. The van der Waals surface area contributed by atoms with Gasteiger partial charge in [-0.2, -0.15) is 0 Å². The van der Waals surface area contributed by atoms with E-state index < -0.39 is 5.54 Å². The molecule has 1 saturated heterocycles. The number of hydrogen-bond donors (Lipinski definition) is 2. The Morgan fingerprint density at radius 3 is 2.28 bits per heavy atom. The highest BCUT2D eigenvalue weighted by molar-refractivity contribution is 5.86. The number of nitrogens with zero attached hydrogens (tertiary/aromatic N) is 1. The molecule has 0 spiro atoms. The molecule has 1 fully saturated rings. The van der Waals surface area contributed by atoms with Gasteiger partial charge in [0.15, 0.2) is 0 Å². The van der Waals surface area contributed by atoms with Crippen molar-refractivity contribution in [3.05, 3.63) is 29.8 Å². The lowest BCUT2D eigenvalue weighted by atomic mass is 9.94. The normalized spacial score (nSPS) is 15.3. The van der Waals surface area contributed by atoms with Crippen molar-refractivity contribution >= 4 is 24.2 Å². The molecule has 0 radical (unpaired) electrons. The van der Waals surface area contributed by atoms with Gasteiger partial charge in [-0.3, -0.25) is 9.59 Å². The van der Waals surface area contributed by atoms with E-state index in [1.54, 1.807) is 25.9 Å². The lowest BCUT2D eigenvalue weighted by molar-refractivity contribution is -0.139. The van der Waals surface area contributed by atoms with Gasteiger partial charge in [-0.1, -0.05) is 12.1 Å². The first kappa shape index (κ1) is 21.3. The van der Waals surface area contributed by atoms with Crippen molar-refractivity contribution in [3.8, 4) is 5.75 Å². The third-order valence-corrected chi connectivity index (χ3v) is 4.33. The Morgan fingerprint density at radius 2 is 1.80 bits per heavy atom. The number of likely N-dealkylation sites (tertiary alicyclic amines) is 1. The van der Waals surface area contributed by atoms with Crippen LogP contribution in [0.4, 0.5) is 0 Å². The van der Waals surface area contributed by atoms with Crippen LogP contribution in [0, 0.1) is 5.92 Å². The summed E-state index contributed by atoms with van der Waals surface area (Å²) < 4.78 is 5.11. The van der Waals surface area contributed by atoms with Gasteiger partial charge in [0.1, 0.15) is 5.75 Å². The van der Waals surface area contributed by atoms with Gasteiger partial charge < -0.3 is 20.7 Å². The van der Waals surface area contributed by atoms with Crippen molar-refractivity contribution in [2.24, 2.45) is 11.7 Å². The number of carbonyl (C=O) groups is 2. The third kappa shape index (κ3) is 5.90. The molecule has 2 amide bonds. The molecule has 6 nitrogen and oxygen atoms in total. The monoisotopic (exact) mass is 369 g/mol. The molecule has 7 heteroatoms. The highest BCUT2D eigenvalue weighted by atomic mass is 35.5. The molecule has 0 aromatic heterocycles. The maximum absolute atomic E-state index is 12.3. The summed E-state index contributed by atoms with van der Waals surface area (Å²) >= 11 is 0. The molecule has 0 atom stereocenters. The molecule has 1 heterocycles. The Labute approximate surface area is 155 Å². The van der Waals surface area contributed by atoms with Crippen LogP contribution >= 0.6 is 12.4 Å². The fourth-order valence-corrected chi connectivity index (χ4v) is 2.83. The number of methoxy groups -OCH3 is 1. The molecular weight excluding hydrogens is 342 g/mol. The van der Waals surface area contributed by atoms with E-state index in [-0.39, 0.29) is 30.1 Å². The molecule has 2 rings (SSSR count). The smallest absolute Gasteiger partial charge is 0.242 e. The Hall–Kier alpha value is -1.79. The first-order chi connectivity index (χ1) is 11.3. The summed E-state index contributed by atoms with van der Waals surface area (Å²) in [6.07, 6.45) is 1.35. The van der Waals surface area contributed by atoms with Crippen molar-refractivity contribution < 1.29 is 14.3 Å². The number of rotatable bonds is 5. The lowest BCUT2D eigenvalue weighted by Crippen LogP contribution is -2.54. The van der Waals surface area contributed by atoms with Gasteiger partial charge in [0, 0.05) is 25.6 Å². The number of ether oxygens (including phenoxy) is 1. The van der Waals surface area contributed by atoms with Crippen LogP contribution in [0.1, 0.15) is 32.3 Å². The Balaban J connectivity index is 0.00000312. The number of hydrogen-bond acceptors (Lipinski definition) is 4. The molecular formula is C18H28ClN3O3. The minimum absolute atomic E-state index is 0. The van der Waals surface area contributed by atoms with Gasteiger partial charge >= 0.3 is 0 Å². The van der Waals surface area contributed by atoms with Gasteiger partial charge in [-0.25, -0.2) is 0 Å². The van der Waals surface area contributed by atoms with Gasteiger partial charge in [0.2, 0.25) is 11.8 Å². The number of halogens is 1. The summed E-state index contributed by atoms with van der Waals surface area (Å²) in [6, 6.07) is 7.62. The van der Waals surface area contributed by atoms with Crippen LogP contribution in [-0.2, 0) is 16.1 Å². The van der Waals surface area contributed by atoms with E-state index in [0.717, 1.165) is 11.3 Å². The van der Waals surface area contributed by atoms with Gasteiger partial charge in [-0.05, 0) is 44.4 Å². The first-order valence-electron chi connectivity index (χ1n) is 8.30. The Morgan fingerprint density at radius 1 is 1.24 bits per heavy atom. The largest absolute Gasteiger partial charge is 0.497 e. The summed E-state index contributed by atoms with van der Waals surface area (Å²) in [6.45, 7) is 5.09. The molecule has 1 aliphatic heterocycles. The molecule has 0 aliphatic carbocycles. The summed E-state index contributed by atoms with van der Waals surface area (Å²) in [5.41, 5.74) is 6.03. The van der Waals surface area contributed by atoms with Gasteiger partial charge in [0.05, 0.1) is 12.6 Å². The van der Waals surface area contributed by atoms with Gasteiger partial charge in [-0.15, -0.1) is 12.4 Å². The van der Waals surface area contributed by atoms with Gasteiger partial charge in [0.25, 0.3) is 0 Å². The zero-order valence-electron chi connectivity index (χ0n) is 15.1. The minimum atomic E-state index is -0.858. The first-order valence-corrected chi connectivity index (χ1v) is 8.30. The molecule has 140 valence electrons. The Bertz CT molecular complexity index is 576. The van der Waals surface area contributed by atoms with Crippen LogP contribution in [0.2, 0.25) is 0 Å². The summed E-state index contributed by atoms with van der Waals surface area (Å²) in [5, 5.41) is 2.97. The van der Waals surface area contributed by atoms with Crippen molar-refractivity contribution in [3.63, 3.8) is 0 Å². The van der Waals surface area contributed by atoms with E-state index >= 15 is 0 Å². The van der Waals surface area contributed by atoms with Crippen molar-refractivity contribution in [1.82, 2.24) is 10.2 Å². The van der Waals surface area contributed by atoms with Crippen LogP contribution in [-0.4, -0.2) is 42.5 Å². The maximum atomic E-state index is 12.3. The second-order valence-corrected chi connectivity index (χ2v) is 6.85. The molecule has 25 heavy (non-hydrogen) atoms. The van der Waals surface area contributed by atoms with E-state index in [4.69, 9.17) is 10.5 Å². The quantitative estimate of drug-likeness (QED) is 0.827. The predicted octanol–water partition coefficient (Wildman–Crippen LogP) is 1.71. The molecule has 1 aliphatic rings. The predicted molar refractivity (Wildman–Crippen MR) is 99.7 cm³/mol. The molecule has 3 N–H and O–H groups in total. The molecule has 0 unspecified atom stereocenters. The molecule has 1 aromatic rings. The SMILES string of the molecule is COc1ccc(CNC(=O)C2CCN(C(=O)C(C)(C)N)CC2)cc1.Cl. The summed E-state index contributed by atoms with van der Waals surface area (Å²) in [4.78, 5) is 26.2. The van der Waals surface area contributed by atoms with E-state index in [1.807, 2.05) is 24.3 Å². The highest BCUT2D eigenvalue weighted by Gasteiger charge is 2.32. The van der Waals surface area contributed by atoms with E-state index in [1.165, 1.54) is 0 Å². The van der Waals surface area contributed by atoms with Crippen LogP contribution in [0.25, 0.3) is 0 Å². The van der Waals surface area contributed by atoms with Crippen molar-refractivity contribution in [1.29, 1.82) is 0 Å². The van der Waals surface area contributed by atoms with Crippen LogP contribution < -0.4 is 15.8 Å². The average molecular weight is 370 g/mol. The molecule has 0 saturated carbocycles. The summed E-state index contributed by atoms with van der Waals surface area (Å²) in [7, 11) is 1.62.